The second-order valence-electron chi connectivity index (χ2n) is 6.74. The van der Waals surface area contributed by atoms with Gasteiger partial charge in [-0.2, -0.15) is 0 Å². The number of benzene rings is 2. The standard InChI is InChI=1S/C19H22N2O2S/c22-24(23,19-12-5-14-3-1-2-4-15(14)13-19)21-18-10-8-17(9-11-18)20-16-6-7-16/h5,8-13,16,20-21H,1-4,6-7H2. The number of anilines is 2. The Bertz CT molecular complexity index is 840. The van der Waals surface area contributed by atoms with E-state index in [1.54, 1.807) is 18.2 Å². The van der Waals surface area contributed by atoms with Crippen LogP contribution in [-0.2, 0) is 22.9 Å². The fourth-order valence-corrected chi connectivity index (χ4v) is 4.30. The van der Waals surface area contributed by atoms with Gasteiger partial charge >= 0.3 is 0 Å². The Balaban J connectivity index is 1.52. The summed E-state index contributed by atoms with van der Waals surface area (Å²) in [5, 5.41) is 3.39. The first kappa shape index (κ1) is 15.5. The van der Waals surface area contributed by atoms with Crippen LogP contribution in [0.1, 0.15) is 36.8 Å². The lowest BCUT2D eigenvalue weighted by molar-refractivity contribution is 0.600. The molecule has 2 aliphatic rings. The van der Waals surface area contributed by atoms with Crippen molar-refractivity contribution in [2.75, 3.05) is 10.0 Å². The predicted molar refractivity (Wildman–Crippen MR) is 97.0 cm³/mol. The van der Waals surface area contributed by atoms with Gasteiger partial charge in [0.2, 0.25) is 0 Å². The molecule has 1 fully saturated rings. The summed E-state index contributed by atoms with van der Waals surface area (Å²) in [7, 11) is -3.54. The largest absolute Gasteiger partial charge is 0.382 e. The first-order chi connectivity index (χ1) is 11.6. The highest BCUT2D eigenvalue weighted by Gasteiger charge is 2.21. The van der Waals surface area contributed by atoms with Gasteiger partial charge in [0, 0.05) is 17.4 Å². The smallest absolute Gasteiger partial charge is 0.261 e. The van der Waals surface area contributed by atoms with Crippen LogP contribution in [0.2, 0.25) is 0 Å². The van der Waals surface area contributed by atoms with Gasteiger partial charge < -0.3 is 5.32 Å². The lowest BCUT2D eigenvalue weighted by atomic mass is 9.92. The van der Waals surface area contributed by atoms with Crippen molar-refractivity contribution in [3.8, 4) is 0 Å². The van der Waals surface area contributed by atoms with E-state index in [-0.39, 0.29) is 0 Å². The Morgan fingerprint density at radius 3 is 2.21 bits per heavy atom. The number of hydrogen-bond donors (Lipinski definition) is 2. The molecule has 5 heteroatoms. The van der Waals surface area contributed by atoms with Crippen molar-refractivity contribution < 1.29 is 8.42 Å². The molecule has 0 unspecified atom stereocenters. The monoisotopic (exact) mass is 342 g/mol. The molecule has 0 amide bonds. The van der Waals surface area contributed by atoms with Crippen LogP contribution in [0.3, 0.4) is 0 Å². The van der Waals surface area contributed by atoms with Crippen LogP contribution in [0.5, 0.6) is 0 Å². The van der Waals surface area contributed by atoms with Crippen LogP contribution in [0.25, 0.3) is 0 Å². The van der Waals surface area contributed by atoms with Crippen LogP contribution in [-0.4, -0.2) is 14.5 Å². The minimum atomic E-state index is -3.54. The zero-order chi connectivity index (χ0) is 16.6. The molecule has 0 heterocycles. The lowest BCUT2D eigenvalue weighted by Gasteiger charge is -2.17. The highest BCUT2D eigenvalue weighted by Crippen LogP contribution is 2.27. The molecule has 2 aliphatic carbocycles. The highest BCUT2D eigenvalue weighted by atomic mass is 32.2. The molecule has 4 nitrogen and oxygen atoms in total. The number of nitrogens with one attached hydrogen (secondary N) is 2. The predicted octanol–water partition coefficient (Wildman–Crippen LogP) is 3.94. The van der Waals surface area contributed by atoms with Gasteiger partial charge in [-0.1, -0.05) is 6.07 Å². The second kappa shape index (κ2) is 6.13. The van der Waals surface area contributed by atoms with Crippen molar-refractivity contribution in [3.05, 3.63) is 53.6 Å². The van der Waals surface area contributed by atoms with E-state index in [0.717, 1.165) is 24.9 Å². The molecule has 0 bridgehead atoms. The fraction of sp³-hybridized carbons (Fsp3) is 0.368. The van der Waals surface area contributed by atoms with E-state index in [4.69, 9.17) is 0 Å². The molecule has 0 radical (unpaired) electrons. The van der Waals surface area contributed by atoms with Crippen LogP contribution in [0, 0.1) is 0 Å². The number of fused-ring (bicyclic) bond motifs is 1. The first-order valence-electron chi connectivity index (χ1n) is 8.61. The van der Waals surface area contributed by atoms with Crippen molar-refractivity contribution in [2.45, 2.75) is 49.5 Å². The maximum atomic E-state index is 12.6. The molecule has 0 aliphatic heterocycles. The molecule has 126 valence electrons. The second-order valence-corrected chi connectivity index (χ2v) is 8.42. The van der Waals surface area contributed by atoms with Crippen molar-refractivity contribution in [3.63, 3.8) is 0 Å². The van der Waals surface area contributed by atoms with Crippen LogP contribution in [0.4, 0.5) is 11.4 Å². The third-order valence-electron chi connectivity index (χ3n) is 4.72. The average Bonchev–Trinajstić information content (AvgIpc) is 3.40. The molecule has 2 N–H and O–H groups in total. The first-order valence-corrected chi connectivity index (χ1v) is 10.1. The topological polar surface area (TPSA) is 58.2 Å². The fourth-order valence-electron chi connectivity index (χ4n) is 3.19. The Morgan fingerprint density at radius 1 is 0.833 bits per heavy atom. The molecule has 0 atom stereocenters. The SMILES string of the molecule is O=S(=O)(Nc1ccc(NC2CC2)cc1)c1ccc2c(c1)CCCC2. The maximum Gasteiger partial charge on any atom is 0.261 e. The van der Waals surface area contributed by atoms with Gasteiger partial charge in [-0.15, -0.1) is 0 Å². The Morgan fingerprint density at radius 2 is 1.50 bits per heavy atom. The van der Waals surface area contributed by atoms with E-state index in [0.29, 0.717) is 16.6 Å². The maximum absolute atomic E-state index is 12.6. The Labute approximate surface area is 143 Å². The third-order valence-corrected chi connectivity index (χ3v) is 6.09. The summed E-state index contributed by atoms with van der Waals surface area (Å²) in [5.41, 5.74) is 4.09. The summed E-state index contributed by atoms with van der Waals surface area (Å²) in [6, 6.07) is 13.6. The van der Waals surface area contributed by atoms with E-state index in [9.17, 15) is 8.42 Å². The van der Waals surface area contributed by atoms with Crippen molar-refractivity contribution in [1.29, 1.82) is 0 Å². The lowest BCUT2D eigenvalue weighted by Crippen LogP contribution is -2.14. The highest BCUT2D eigenvalue weighted by molar-refractivity contribution is 7.92. The van der Waals surface area contributed by atoms with Crippen molar-refractivity contribution >= 4 is 21.4 Å². The van der Waals surface area contributed by atoms with Crippen LogP contribution < -0.4 is 10.0 Å². The minimum absolute atomic E-state index is 0.350. The third kappa shape index (κ3) is 3.41. The van der Waals surface area contributed by atoms with Gasteiger partial charge in [-0.25, -0.2) is 8.42 Å². The summed E-state index contributed by atoms with van der Waals surface area (Å²) in [5.74, 6) is 0. The Hall–Kier alpha value is -2.01. The summed E-state index contributed by atoms with van der Waals surface area (Å²) in [6.07, 6.45) is 6.79. The van der Waals surface area contributed by atoms with Gasteiger partial charge in [0.05, 0.1) is 4.90 Å². The van der Waals surface area contributed by atoms with Gasteiger partial charge in [0.1, 0.15) is 0 Å². The number of rotatable bonds is 5. The molecule has 4 rings (SSSR count). The quantitative estimate of drug-likeness (QED) is 0.865. The summed E-state index contributed by atoms with van der Waals surface area (Å²) < 4.78 is 27.9. The zero-order valence-electron chi connectivity index (χ0n) is 13.6. The van der Waals surface area contributed by atoms with Crippen LogP contribution >= 0.6 is 0 Å². The van der Waals surface area contributed by atoms with E-state index in [1.807, 2.05) is 24.3 Å². The molecule has 2 aromatic rings. The minimum Gasteiger partial charge on any atom is -0.382 e. The molecule has 2 aromatic carbocycles. The molecule has 0 saturated heterocycles. The molecule has 24 heavy (non-hydrogen) atoms. The number of hydrogen-bond acceptors (Lipinski definition) is 3. The van der Waals surface area contributed by atoms with E-state index >= 15 is 0 Å². The average molecular weight is 342 g/mol. The molecular weight excluding hydrogens is 320 g/mol. The number of aryl methyl sites for hydroxylation is 2. The molecule has 0 spiro atoms. The summed E-state index contributed by atoms with van der Waals surface area (Å²) in [4.78, 5) is 0.350. The summed E-state index contributed by atoms with van der Waals surface area (Å²) in [6.45, 7) is 0. The van der Waals surface area contributed by atoms with Crippen LogP contribution in [0.15, 0.2) is 47.4 Å². The van der Waals surface area contributed by atoms with Gasteiger partial charge in [0.25, 0.3) is 10.0 Å². The van der Waals surface area contributed by atoms with E-state index in [1.165, 1.54) is 30.4 Å². The number of sulfonamides is 1. The van der Waals surface area contributed by atoms with Gasteiger partial charge in [-0.05, 0) is 86.1 Å². The summed E-state index contributed by atoms with van der Waals surface area (Å²) >= 11 is 0. The normalized spacial score (nSPS) is 17.2. The Kier molecular flexibility index (Phi) is 3.96. The zero-order valence-corrected chi connectivity index (χ0v) is 14.4. The van der Waals surface area contributed by atoms with Crippen molar-refractivity contribution in [2.24, 2.45) is 0 Å². The van der Waals surface area contributed by atoms with Gasteiger partial charge in [-0.3, -0.25) is 4.72 Å². The molecular formula is C19H22N2O2S. The molecule has 1 saturated carbocycles. The van der Waals surface area contributed by atoms with Gasteiger partial charge in [0.15, 0.2) is 0 Å². The molecule has 0 aromatic heterocycles. The van der Waals surface area contributed by atoms with Crippen molar-refractivity contribution in [1.82, 2.24) is 0 Å². The van der Waals surface area contributed by atoms with E-state index < -0.39 is 10.0 Å². The van der Waals surface area contributed by atoms with E-state index in [2.05, 4.69) is 10.0 Å².